The van der Waals surface area contributed by atoms with Crippen LogP contribution in [0.5, 0.6) is 0 Å². The SMILES string of the molecule is CCCCC(CN)NC(=O)c1ccc(S(=O)(=O)NC)o1.Cl. The number of sulfonamides is 1. The van der Waals surface area contributed by atoms with E-state index < -0.39 is 15.9 Å². The number of amides is 1. The Bertz CT molecular complexity index is 544. The summed E-state index contributed by atoms with van der Waals surface area (Å²) in [5.41, 5.74) is 5.58. The molecule has 122 valence electrons. The van der Waals surface area contributed by atoms with Gasteiger partial charge in [0.25, 0.3) is 15.9 Å². The predicted octanol–water partition coefficient (Wildman–Crippen LogP) is 0.857. The Morgan fingerprint density at radius 2 is 2.10 bits per heavy atom. The van der Waals surface area contributed by atoms with E-state index in [1.54, 1.807) is 0 Å². The Labute approximate surface area is 131 Å². The summed E-state index contributed by atoms with van der Waals surface area (Å²) >= 11 is 0. The highest BCUT2D eigenvalue weighted by atomic mass is 35.5. The number of unbranched alkanes of at least 4 members (excludes halogenated alkanes) is 1. The number of halogens is 1. The fourth-order valence-corrected chi connectivity index (χ4v) is 2.29. The molecular formula is C12H22ClN3O4S. The Balaban J connectivity index is 0.00000400. The minimum atomic E-state index is -3.68. The first-order valence-electron chi connectivity index (χ1n) is 6.49. The molecule has 21 heavy (non-hydrogen) atoms. The molecule has 1 unspecified atom stereocenters. The number of hydrogen-bond donors (Lipinski definition) is 3. The van der Waals surface area contributed by atoms with Crippen LogP contribution in [0.1, 0.15) is 36.7 Å². The lowest BCUT2D eigenvalue weighted by atomic mass is 10.1. The Hall–Kier alpha value is -1.09. The smallest absolute Gasteiger partial charge is 0.287 e. The van der Waals surface area contributed by atoms with E-state index in [1.807, 2.05) is 0 Å². The number of nitrogens with one attached hydrogen (secondary N) is 2. The predicted molar refractivity (Wildman–Crippen MR) is 82.0 cm³/mol. The maximum Gasteiger partial charge on any atom is 0.287 e. The zero-order valence-electron chi connectivity index (χ0n) is 12.1. The van der Waals surface area contributed by atoms with Gasteiger partial charge >= 0.3 is 0 Å². The zero-order valence-corrected chi connectivity index (χ0v) is 13.7. The average molecular weight is 340 g/mol. The van der Waals surface area contributed by atoms with Crippen LogP contribution in [0.3, 0.4) is 0 Å². The fraction of sp³-hybridized carbons (Fsp3) is 0.583. The summed E-state index contributed by atoms with van der Waals surface area (Å²) in [6.45, 7) is 2.38. The molecule has 1 rings (SSSR count). The van der Waals surface area contributed by atoms with E-state index in [9.17, 15) is 13.2 Å². The van der Waals surface area contributed by atoms with E-state index in [2.05, 4.69) is 17.0 Å². The third-order valence-electron chi connectivity index (χ3n) is 2.86. The van der Waals surface area contributed by atoms with Gasteiger partial charge in [0.15, 0.2) is 5.76 Å². The molecule has 0 radical (unpaired) electrons. The molecule has 0 fully saturated rings. The normalized spacial score (nSPS) is 12.5. The van der Waals surface area contributed by atoms with Crippen LogP contribution in [-0.4, -0.2) is 34.0 Å². The van der Waals surface area contributed by atoms with Crippen molar-refractivity contribution in [1.82, 2.24) is 10.0 Å². The first kappa shape index (κ1) is 19.9. The topological polar surface area (TPSA) is 114 Å². The molecule has 1 atom stereocenters. The highest BCUT2D eigenvalue weighted by Crippen LogP contribution is 2.13. The minimum absolute atomic E-state index is 0. The van der Waals surface area contributed by atoms with Gasteiger partial charge in [-0.15, -0.1) is 12.4 Å². The van der Waals surface area contributed by atoms with Gasteiger partial charge in [0.05, 0.1) is 0 Å². The number of hydrogen-bond acceptors (Lipinski definition) is 5. The lowest BCUT2D eigenvalue weighted by Gasteiger charge is -2.15. The molecule has 0 spiro atoms. The van der Waals surface area contributed by atoms with Crippen LogP contribution in [0.25, 0.3) is 0 Å². The van der Waals surface area contributed by atoms with Crippen LogP contribution in [0.15, 0.2) is 21.6 Å². The minimum Gasteiger partial charge on any atom is -0.438 e. The molecule has 0 aliphatic carbocycles. The lowest BCUT2D eigenvalue weighted by Crippen LogP contribution is -2.40. The van der Waals surface area contributed by atoms with Gasteiger partial charge in [-0.3, -0.25) is 4.79 Å². The van der Waals surface area contributed by atoms with Crippen LogP contribution in [0.2, 0.25) is 0 Å². The molecule has 1 aromatic rings. The Morgan fingerprint density at radius 1 is 1.43 bits per heavy atom. The molecule has 0 bridgehead atoms. The van der Waals surface area contributed by atoms with E-state index in [0.29, 0.717) is 6.54 Å². The monoisotopic (exact) mass is 339 g/mol. The van der Waals surface area contributed by atoms with Crippen molar-refractivity contribution in [3.8, 4) is 0 Å². The number of carbonyl (C=O) groups excluding carboxylic acids is 1. The Kier molecular flexibility index (Phi) is 8.57. The largest absolute Gasteiger partial charge is 0.438 e. The van der Waals surface area contributed by atoms with Crippen LogP contribution in [0, 0.1) is 0 Å². The average Bonchev–Trinajstić information content (AvgIpc) is 2.93. The maximum absolute atomic E-state index is 11.9. The molecule has 9 heteroatoms. The highest BCUT2D eigenvalue weighted by molar-refractivity contribution is 7.89. The molecule has 0 aliphatic rings. The number of rotatable bonds is 8. The number of furan rings is 1. The van der Waals surface area contributed by atoms with Gasteiger partial charge in [0.2, 0.25) is 5.09 Å². The van der Waals surface area contributed by atoms with Crippen molar-refractivity contribution in [1.29, 1.82) is 0 Å². The highest BCUT2D eigenvalue weighted by Gasteiger charge is 2.20. The lowest BCUT2D eigenvalue weighted by molar-refractivity contribution is 0.0902. The molecule has 0 aliphatic heterocycles. The van der Waals surface area contributed by atoms with Crippen molar-refractivity contribution >= 4 is 28.3 Å². The summed E-state index contributed by atoms with van der Waals surface area (Å²) in [5, 5.41) is 2.44. The van der Waals surface area contributed by atoms with Crippen molar-refractivity contribution in [3.63, 3.8) is 0 Å². The summed E-state index contributed by atoms with van der Waals surface area (Å²) in [4.78, 5) is 11.9. The summed E-state index contributed by atoms with van der Waals surface area (Å²) in [6, 6.07) is 2.42. The second-order valence-corrected chi connectivity index (χ2v) is 6.19. The van der Waals surface area contributed by atoms with Gasteiger partial charge in [-0.2, -0.15) is 0 Å². The van der Waals surface area contributed by atoms with Crippen molar-refractivity contribution in [2.45, 2.75) is 37.3 Å². The number of nitrogens with two attached hydrogens (primary N) is 1. The van der Waals surface area contributed by atoms with Gasteiger partial charge < -0.3 is 15.5 Å². The Morgan fingerprint density at radius 3 is 2.62 bits per heavy atom. The van der Waals surface area contributed by atoms with E-state index in [1.165, 1.54) is 19.2 Å². The van der Waals surface area contributed by atoms with Crippen molar-refractivity contribution in [2.75, 3.05) is 13.6 Å². The van der Waals surface area contributed by atoms with E-state index in [-0.39, 0.29) is 29.3 Å². The third-order valence-corrected chi connectivity index (χ3v) is 4.15. The molecule has 1 aromatic heterocycles. The third kappa shape index (κ3) is 5.66. The molecule has 0 saturated heterocycles. The standard InChI is InChI=1S/C12H21N3O4S.ClH/c1-3-4-5-9(8-13)15-12(16)10-6-7-11(19-10)20(17,18)14-2;/h6-7,9,14H,3-5,8,13H2,1-2H3,(H,15,16);1H. The molecule has 0 saturated carbocycles. The summed E-state index contributed by atoms with van der Waals surface area (Å²) < 4.78 is 30.2. The van der Waals surface area contributed by atoms with Crippen molar-refractivity contribution < 1.29 is 17.6 Å². The molecule has 4 N–H and O–H groups in total. The first-order chi connectivity index (χ1) is 9.44. The van der Waals surface area contributed by atoms with Crippen molar-refractivity contribution in [2.24, 2.45) is 5.73 Å². The summed E-state index contributed by atoms with van der Waals surface area (Å²) in [5.74, 6) is -0.511. The zero-order chi connectivity index (χ0) is 15.2. The molecule has 0 aromatic carbocycles. The van der Waals surface area contributed by atoms with Crippen LogP contribution >= 0.6 is 12.4 Å². The first-order valence-corrected chi connectivity index (χ1v) is 7.97. The van der Waals surface area contributed by atoms with Gasteiger partial charge in [-0.1, -0.05) is 19.8 Å². The van der Waals surface area contributed by atoms with E-state index in [0.717, 1.165) is 19.3 Å². The number of carbonyl (C=O) groups is 1. The van der Waals surface area contributed by atoms with Crippen molar-refractivity contribution in [3.05, 3.63) is 17.9 Å². The quantitative estimate of drug-likeness (QED) is 0.649. The fourth-order valence-electron chi connectivity index (χ4n) is 1.64. The second kappa shape index (κ2) is 9.04. The molecular weight excluding hydrogens is 318 g/mol. The molecule has 1 heterocycles. The van der Waals surface area contributed by atoms with Gasteiger partial charge in [-0.05, 0) is 25.6 Å². The van der Waals surface area contributed by atoms with E-state index in [4.69, 9.17) is 10.2 Å². The van der Waals surface area contributed by atoms with Crippen LogP contribution < -0.4 is 15.8 Å². The van der Waals surface area contributed by atoms with Crippen LogP contribution in [-0.2, 0) is 10.0 Å². The maximum atomic E-state index is 11.9. The van der Waals surface area contributed by atoms with Gasteiger partial charge in [-0.25, -0.2) is 13.1 Å². The van der Waals surface area contributed by atoms with Gasteiger partial charge in [0, 0.05) is 12.6 Å². The summed E-state index contributed by atoms with van der Waals surface area (Å²) in [7, 11) is -2.41. The molecule has 1 amide bonds. The van der Waals surface area contributed by atoms with E-state index >= 15 is 0 Å². The molecule has 7 nitrogen and oxygen atoms in total. The summed E-state index contributed by atoms with van der Waals surface area (Å²) in [6.07, 6.45) is 2.75. The van der Waals surface area contributed by atoms with Gasteiger partial charge in [0.1, 0.15) is 0 Å². The van der Waals surface area contributed by atoms with Crippen LogP contribution in [0.4, 0.5) is 0 Å². The second-order valence-electron chi connectivity index (χ2n) is 4.37.